The third-order valence-corrected chi connectivity index (χ3v) is 5.24. The average Bonchev–Trinajstić information content (AvgIpc) is 3.05. The molecule has 0 aliphatic carbocycles. The number of phenols is 1. The lowest BCUT2D eigenvalue weighted by atomic mass is 10.1. The molecule has 0 saturated heterocycles. The Hall–Kier alpha value is -1.92. The number of aromatic nitrogens is 2. The van der Waals surface area contributed by atoms with Crippen LogP contribution in [-0.4, -0.2) is 26.2 Å². The molecule has 0 unspecified atom stereocenters. The van der Waals surface area contributed by atoms with Crippen LogP contribution in [0.15, 0.2) is 30.3 Å². The maximum absolute atomic E-state index is 12.9. The number of carbonyl (C=O) groups is 2. The van der Waals surface area contributed by atoms with E-state index < -0.39 is 5.78 Å². The van der Waals surface area contributed by atoms with Crippen molar-refractivity contribution in [3.63, 3.8) is 0 Å². The molecule has 1 aromatic carbocycles. The Labute approximate surface area is 168 Å². The van der Waals surface area contributed by atoms with E-state index in [1.807, 2.05) is 0 Å². The number of hydrogen-bond acceptors (Lipinski definition) is 3. The minimum Gasteiger partial charge on any atom is -0.507 e. The van der Waals surface area contributed by atoms with E-state index >= 15 is 0 Å². The van der Waals surface area contributed by atoms with E-state index in [1.165, 1.54) is 29.7 Å². The zero-order chi connectivity index (χ0) is 19.2. The SMILES string of the molecule is CC(=O)c1cc(Cl)c(Cl)n1-c1c(C(=O)c2ccccc2O)[nH]c(Cl)c1Cl. The monoisotopic (exact) mass is 430 g/mol. The lowest BCUT2D eigenvalue weighted by Gasteiger charge is -2.11. The minimum absolute atomic E-state index is 0.000710. The van der Waals surface area contributed by atoms with Crippen molar-refractivity contribution < 1.29 is 14.7 Å². The van der Waals surface area contributed by atoms with Crippen molar-refractivity contribution >= 4 is 58.0 Å². The summed E-state index contributed by atoms with van der Waals surface area (Å²) in [5.74, 6) is -1.14. The molecule has 0 amide bonds. The maximum atomic E-state index is 12.9. The summed E-state index contributed by atoms with van der Waals surface area (Å²) in [5, 5.41) is 10.1. The van der Waals surface area contributed by atoms with Crippen LogP contribution in [0.5, 0.6) is 5.75 Å². The summed E-state index contributed by atoms with van der Waals surface area (Å²) < 4.78 is 1.25. The molecule has 0 atom stereocenters. The Kier molecular flexibility index (Phi) is 5.08. The summed E-state index contributed by atoms with van der Waals surface area (Å²) in [6.45, 7) is 1.32. The highest BCUT2D eigenvalue weighted by Gasteiger charge is 2.28. The number of ketones is 2. The van der Waals surface area contributed by atoms with Gasteiger partial charge >= 0.3 is 0 Å². The van der Waals surface area contributed by atoms with Gasteiger partial charge in [0.15, 0.2) is 5.78 Å². The Balaban J connectivity index is 2.31. The van der Waals surface area contributed by atoms with E-state index in [4.69, 9.17) is 46.4 Å². The number of hydrogen-bond donors (Lipinski definition) is 2. The number of para-hydroxylation sites is 1. The molecule has 0 fully saturated rings. The van der Waals surface area contributed by atoms with Gasteiger partial charge in [0.05, 0.1) is 22.0 Å². The zero-order valence-electron chi connectivity index (χ0n) is 13.1. The van der Waals surface area contributed by atoms with Gasteiger partial charge in [-0.2, -0.15) is 0 Å². The van der Waals surface area contributed by atoms with Crippen LogP contribution in [0, 0.1) is 0 Å². The Bertz CT molecular complexity index is 1050. The summed E-state index contributed by atoms with van der Waals surface area (Å²) in [6, 6.07) is 7.37. The lowest BCUT2D eigenvalue weighted by Crippen LogP contribution is -2.11. The second-order valence-corrected chi connectivity index (χ2v) is 6.90. The van der Waals surface area contributed by atoms with Crippen molar-refractivity contribution in [3.05, 3.63) is 67.6 Å². The van der Waals surface area contributed by atoms with Crippen LogP contribution in [0.3, 0.4) is 0 Å². The van der Waals surface area contributed by atoms with E-state index in [0.29, 0.717) is 0 Å². The minimum atomic E-state index is -0.581. The Morgan fingerprint density at radius 2 is 1.77 bits per heavy atom. The highest BCUT2D eigenvalue weighted by molar-refractivity contribution is 6.45. The van der Waals surface area contributed by atoms with Crippen LogP contribution < -0.4 is 0 Å². The first-order chi connectivity index (χ1) is 12.2. The molecule has 134 valence electrons. The molecule has 0 saturated carbocycles. The van der Waals surface area contributed by atoms with E-state index in [1.54, 1.807) is 12.1 Å². The average molecular weight is 432 g/mol. The quantitative estimate of drug-likeness (QED) is 0.531. The summed E-state index contributed by atoms with van der Waals surface area (Å²) in [4.78, 5) is 27.6. The van der Waals surface area contributed by atoms with E-state index in [2.05, 4.69) is 4.98 Å². The molecule has 2 aromatic heterocycles. The van der Waals surface area contributed by atoms with Gasteiger partial charge in [-0.3, -0.25) is 14.2 Å². The standard InChI is InChI=1S/C17H10Cl4N2O3/c1-7(24)10-6-9(18)17(21)23(10)14-12(19)16(20)22-13(14)15(26)8-4-2-3-5-11(8)25/h2-6,22,25H,1H3. The zero-order valence-corrected chi connectivity index (χ0v) is 16.1. The molecule has 0 bridgehead atoms. The first kappa shape index (κ1) is 18.9. The second kappa shape index (κ2) is 7.00. The topological polar surface area (TPSA) is 75.1 Å². The molecule has 2 heterocycles. The molecule has 2 N–H and O–H groups in total. The summed E-state index contributed by atoms with van der Waals surface area (Å²) >= 11 is 24.6. The smallest absolute Gasteiger partial charge is 0.215 e. The normalized spacial score (nSPS) is 11.0. The first-order valence-corrected chi connectivity index (χ1v) is 8.73. The fourth-order valence-electron chi connectivity index (χ4n) is 2.55. The van der Waals surface area contributed by atoms with Crippen LogP contribution in [0.2, 0.25) is 20.4 Å². The highest BCUT2D eigenvalue weighted by Crippen LogP contribution is 2.39. The fourth-order valence-corrected chi connectivity index (χ4v) is 3.37. The van der Waals surface area contributed by atoms with Crippen LogP contribution >= 0.6 is 46.4 Å². The van der Waals surface area contributed by atoms with E-state index in [9.17, 15) is 14.7 Å². The largest absolute Gasteiger partial charge is 0.507 e. The van der Waals surface area contributed by atoms with Gasteiger partial charge in [-0.05, 0) is 18.2 Å². The summed E-state index contributed by atoms with van der Waals surface area (Å²) in [7, 11) is 0. The van der Waals surface area contributed by atoms with Crippen molar-refractivity contribution in [1.82, 2.24) is 9.55 Å². The van der Waals surface area contributed by atoms with Crippen LogP contribution in [0.1, 0.15) is 33.5 Å². The number of rotatable bonds is 4. The fraction of sp³-hybridized carbons (Fsp3) is 0.0588. The predicted octanol–water partition coefficient (Wildman–Crippen LogP) is 5.56. The number of halogens is 4. The number of phenolic OH excluding ortho intramolecular Hbond substituents is 1. The summed E-state index contributed by atoms with van der Waals surface area (Å²) in [5.41, 5.74) is 0.191. The van der Waals surface area contributed by atoms with Crippen molar-refractivity contribution in [2.75, 3.05) is 0 Å². The number of aromatic hydroxyl groups is 1. The van der Waals surface area contributed by atoms with Gasteiger partial charge in [-0.1, -0.05) is 58.5 Å². The van der Waals surface area contributed by atoms with E-state index in [0.717, 1.165) is 0 Å². The number of Topliss-reactive ketones (excluding diaryl/α,β-unsaturated/α-hetero) is 1. The van der Waals surface area contributed by atoms with Crippen molar-refractivity contribution in [2.45, 2.75) is 6.92 Å². The van der Waals surface area contributed by atoms with Gasteiger partial charge in [-0.25, -0.2) is 0 Å². The third-order valence-electron chi connectivity index (χ3n) is 3.73. The van der Waals surface area contributed by atoms with Crippen LogP contribution in [-0.2, 0) is 0 Å². The highest BCUT2D eigenvalue weighted by atomic mass is 35.5. The molecule has 0 aliphatic heterocycles. The molecule has 0 aliphatic rings. The molecule has 0 radical (unpaired) electrons. The van der Waals surface area contributed by atoms with E-state index in [-0.39, 0.29) is 54.5 Å². The van der Waals surface area contributed by atoms with Gasteiger partial charge in [-0.15, -0.1) is 0 Å². The van der Waals surface area contributed by atoms with Crippen molar-refractivity contribution in [2.24, 2.45) is 0 Å². The van der Waals surface area contributed by atoms with Crippen LogP contribution in [0.4, 0.5) is 0 Å². The number of benzene rings is 1. The first-order valence-electron chi connectivity index (χ1n) is 7.21. The predicted molar refractivity (Wildman–Crippen MR) is 102 cm³/mol. The number of carbonyl (C=O) groups excluding carboxylic acids is 2. The van der Waals surface area contributed by atoms with Gasteiger partial charge in [0.1, 0.15) is 26.8 Å². The lowest BCUT2D eigenvalue weighted by molar-refractivity contribution is 0.100. The molecule has 26 heavy (non-hydrogen) atoms. The summed E-state index contributed by atoms with van der Waals surface area (Å²) in [6.07, 6.45) is 0. The van der Waals surface area contributed by atoms with Gasteiger partial charge in [0.2, 0.25) is 5.78 Å². The number of H-pyrrole nitrogens is 1. The molecule has 0 spiro atoms. The molecule has 3 aromatic rings. The molecule has 3 rings (SSSR count). The van der Waals surface area contributed by atoms with Crippen LogP contribution in [0.25, 0.3) is 5.69 Å². The molecule has 5 nitrogen and oxygen atoms in total. The number of nitrogens with zero attached hydrogens (tertiary/aromatic N) is 1. The van der Waals surface area contributed by atoms with Crippen molar-refractivity contribution in [1.29, 1.82) is 0 Å². The number of aromatic amines is 1. The number of nitrogens with one attached hydrogen (secondary N) is 1. The Morgan fingerprint density at radius 3 is 2.38 bits per heavy atom. The van der Waals surface area contributed by atoms with Gasteiger partial charge < -0.3 is 10.1 Å². The third kappa shape index (κ3) is 3.01. The Morgan fingerprint density at radius 1 is 1.12 bits per heavy atom. The van der Waals surface area contributed by atoms with Gasteiger partial charge in [0.25, 0.3) is 0 Å². The molecular weight excluding hydrogens is 422 g/mol. The van der Waals surface area contributed by atoms with Crippen molar-refractivity contribution in [3.8, 4) is 11.4 Å². The molecule has 9 heteroatoms. The van der Waals surface area contributed by atoms with Gasteiger partial charge in [0, 0.05) is 6.92 Å². The molecular formula is C17H10Cl4N2O3. The second-order valence-electron chi connectivity index (χ2n) is 5.38. The maximum Gasteiger partial charge on any atom is 0.215 e.